The summed E-state index contributed by atoms with van der Waals surface area (Å²) in [6.07, 6.45) is 0.833. The molecule has 1 heterocycles. The molecule has 3 rings (SSSR count). The summed E-state index contributed by atoms with van der Waals surface area (Å²) in [7, 11) is 0. The van der Waals surface area contributed by atoms with Crippen LogP contribution in [0.3, 0.4) is 0 Å². The van der Waals surface area contributed by atoms with E-state index in [0.29, 0.717) is 12.1 Å². The van der Waals surface area contributed by atoms with E-state index in [2.05, 4.69) is 26.0 Å². The van der Waals surface area contributed by atoms with Gasteiger partial charge >= 0.3 is 149 Å². The van der Waals surface area contributed by atoms with Crippen LogP contribution in [0, 0.1) is 5.41 Å². The Bertz CT molecular complexity index is 728. The van der Waals surface area contributed by atoms with Gasteiger partial charge in [0.15, 0.2) is 0 Å². The number of imide groups is 1. The number of hydrogen-bond acceptors (Lipinski definition) is 2. The molecule has 0 N–H and O–H groups in total. The van der Waals surface area contributed by atoms with E-state index in [4.69, 9.17) is 0 Å². The Morgan fingerprint density at radius 3 is 2.25 bits per heavy atom. The minimum atomic E-state index is -0.178. The van der Waals surface area contributed by atoms with E-state index in [1.807, 2.05) is 36.4 Å². The zero-order chi connectivity index (χ0) is 17.2. The summed E-state index contributed by atoms with van der Waals surface area (Å²) in [6, 6.07) is 19.2. The van der Waals surface area contributed by atoms with E-state index in [-0.39, 0.29) is 37.0 Å². The van der Waals surface area contributed by atoms with Gasteiger partial charge in [-0.05, 0) is 0 Å². The molecule has 2 amide bonds. The molecule has 4 heteroatoms. The van der Waals surface area contributed by atoms with Gasteiger partial charge in [-0.2, -0.15) is 0 Å². The molecule has 1 aliphatic rings. The SMILES string of the molecule is CC1(C)CC([Se]c2ccccc2)C(=O)N(C(=O)c2ccccc2)C1. The van der Waals surface area contributed by atoms with Crippen LogP contribution in [0.2, 0.25) is 4.82 Å². The third-order valence-corrected chi connectivity index (χ3v) is 6.66. The van der Waals surface area contributed by atoms with E-state index in [0.717, 1.165) is 6.42 Å². The molecule has 0 aliphatic carbocycles. The normalized spacial score (nSPS) is 20.0. The first-order chi connectivity index (χ1) is 11.5. The van der Waals surface area contributed by atoms with Crippen molar-refractivity contribution in [2.45, 2.75) is 25.1 Å². The zero-order valence-corrected chi connectivity index (χ0v) is 15.7. The minimum absolute atomic E-state index is 0.0213. The molecule has 0 bridgehead atoms. The summed E-state index contributed by atoms with van der Waals surface area (Å²) in [5.74, 6) is -0.200. The van der Waals surface area contributed by atoms with Crippen LogP contribution in [0.15, 0.2) is 60.7 Å². The molecule has 0 spiro atoms. The molecule has 1 aliphatic heterocycles. The number of likely N-dealkylation sites (tertiary alicyclic amines) is 1. The van der Waals surface area contributed by atoms with Gasteiger partial charge in [-0.25, -0.2) is 0 Å². The van der Waals surface area contributed by atoms with Gasteiger partial charge in [-0.15, -0.1) is 0 Å². The first-order valence-electron chi connectivity index (χ1n) is 8.09. The Morgan fingerprint density at radius 2 is 1.62 bits per heavy atom. The van der Waals surface area contributed by atoms with Crippen LogP contribution in [0.1, 0.15) is 30.6 Å². The molecule has 1 fully saturated rings. The number of carbonyl (C=O) groups is 2. The molecule has 0 saturated carbocycles. The second-order valence-electron chi connectivity index (χ2n) is 6.88. The van der Waals surface area contributed by atoms with Gasteiger partial charge in [0, 0.05) is 0 Å². The molecule has 1 saturated heterocycles. The molecular weight excluding hydrogens is 365 g/mol. The number of benzene rings is 2. The fraction of sp³-hybridized carbons (Fsp3) is 0.300. The van der Waals surface area contributed by atoms with Crippen molar-refractivity contribution in [3.8, 4) is 0 Å². The van der Waals surface area contributed by atoms with Gasteiger partial charge in [0.2, 0.25) is 0 Å². The van der Waals surface area contributed by atoms with Crippen LogP contribution >= 0.6 is 0 Å². The average Bonchev–Trinajstić information content (AvgIpc) is 2.59. The van der Waals surface area contributed by atoms with Crippen molar-refractivity contribution in [2.75, 3.05) is 6.54 Å². The van der Waals surface area contributed by atoms with Crippen molar-refractivity contribution in [3.63, 3.8) is 0 Å². The number of rotatable bonds is 3. The predicted octanol–water partition coefficient (Wildman–Crippen LogP) is 2.90. The third-order valence-electron chi connectivity index (χ3n) is 4.15. The van der Waals surface area contributed by atoms with Crippen LogP contribution in [-0.2, 0) is 4.79 Å². The molecule has 3 nitrogen and oxygen atoms in total. The van der Waals surface area contributed by atoms with E-state index < -0.39 is 0 Å². The third kappa shape index (κ3) is 3.77. The first kappa shape index (κ1) is 16.9. The molecule has 2 aromatic rings. The van der Waals surface area contributed by atoms with E-state index >= 15 is 0 Å². The Morgan fingerprint density at radius 1 is 1.04 bits per heavy atom. The van der Waals surface area contributed by atoms with Gasteiger partial charge < -0.3 is 0 Å². The van der Waals surface area contributed by atoms with Gasteiger partial charge in [-0.1, -0.05) is 0 Å². The summed E-state index contributed by atoms with van der Waals surface area (Å²) in [4.78, 5) is 27.1. The van der Waals surface area contributed by atoms with Crippen LogP contribution in [0.5, 0.6) is 0 Å². The van der Waals surface area contributed by atoms with Crippen LogP contribution in [0.25, 0.3) is 0 Å². The molecule has 2 aromatic carbocycles. The number of hydrogen-bond donors (Lipinski definition) is 0. The second kappa shape index (κ2) is 6.92. The van der Waals surface area contributed by atoms with Gasteiger partial charge in [0.1, 0.15) is 0 Å². The van der Waals surface area contributed by atoms with Crippen molar-refractivity contribution in [1.29, 1.82) is 0 Å². The average molecular weight is 386 g/mol. The van der Waals surface area contributed by atoms with Crippen LogP contribution < -0.4 is 4.46 Å². The fourth-order valence-corrected chi connectivity index (χ4v) is 5.95. The van der Waals surface area contributed by atoms with Crippen molar-refractivity contribution in [3.05, 3.63) is 66.2 Å². The first-order valence-corrected chi connectivity index (χ1v) is 9.93. The number of piperidine rings is 1. The summed E-state index contributed by atoms with van der Waals surface area (Å²) in [5, 5.41) is 0. The molecular formula is C20H21NO2Se. The summed E-state index contributed by atoms with van der Waals surface area (Å²) >= 11 is 0.0330. The second-order valence-corrected chi connectivity index (χ2v) is 9.56. The molecule has 24 heavy (non-hydrogen) atoms. The topological polar surface area (TPSA) is 37.4 Å². The van der Waals surface area contributed by atoms with E-state index in [9.17, 15) is 9.59 Å². The van der Waals surface area contributed by atoms with Crippen molar-refractivity contribution >= 4 is 31.2 Å². The van der Waals surface area contributed by atoms with E-state index in [1.165, 1.54) is 9.36 Å². The summed E-state index contributed by atoms with van der Waals surface area (Å²) in [6.45, 7) is 4.76. The Kier molecular flexibility index (Phi) is 4.88. The molecule has 1 atom stereocenters. The molecule has 1 unspecified atom stereocenters. The fourth-order valence-electron chi connectivity index (χ4n) is 3.00. The van der Waals surface area contributed by atoms with Crippen molar-refractivity contribution in [1.82, 2.24) is 4.90 Å². The molecule has 0 aromatic heterocycles. The number of amides is 2. The standard InChI is InChI=1S/C20H21NO2Se/c1-20(2)13-17(24-16-11-7-4-8-12-16)19(23)21(14-20)18(22)15-9-5-3-6-10-15/h3-12,17H,13-14H2,1-2H3. The van der Waals surface area contributed by atoms with Gasteiger partial charge in [0.05, 0.1) is 0 Å². The summed E-state index contributed by atoms with van der Waals surface area (Å²) < 4.78 is 1.20. The number of carbonyl (C=O) groups excluding carboxylic acids is 2. The monoisotopic (exact) mass is 387 g/mol. The van der Waals surface area contributed by atoms with Crippen LogP contribution in [-0.4, -0.2) is 38.2 Å². The van der Waals surface area contributed by atoms with Crippen LogP contribution in [0.4, 0.5) is 0 Å². The van der Waals surface area contributed by atoms with E-state index in [1.54, 1.807) is 12.1 Å². The Balaban J connectivity index is 1.84. The Hall–Kier alpha value is -1.90. The molecule has 0 radical (unpaired) electrons. The maximum absolute atomic E-state index is 13.0. The van der Waals surface area contributed by atoms with Crippen molar-refractivity contribution in [2.24, 2.45) is 5.41 Å². The van der Waals surface area contributed by atoms with Crippen molar-refractivity contribution < 1.29 is 9.59 Å². The summed E-state index contributed by atoms with van der Waals surface area (Å²) in [5.41, 5.74) is 0.522. The van der Waals surface area contributed by atoms with Gasteiger partial charge in [-0.3, -0.25) is 0 Å². The zero-order valence-electron chi connectivity index (χ0n) is 13.9. The Labute approximate surface area is 149 Å². The maximum atomic E-state index is 13.0. The quantitative estimate of drug-likeness (QED) is 0.601. The predicted molar refractivity (Wildman–Crippen MR) is 96.5 cm³/mol. The van der Waals surface area contributed by atoms with Gasteiger partial charge in [0.25, 0.3) is 0 Å². The number of nitrogens with zero attached hydrogens (tertiary/aromatic N) is 1. The molecule has 124 valence electrons.